The van der Waals surface area contributed by atoms with E-state index in [0.29, 0.717) is 17.5 Å². The van der Waals surface area contributed by atoms with Gasteiger partial charge in [-0.1, -0.05) is 146 Å². The van der Waals surface area contributed by atoms with Gasteiger partial charge in [-0.15, -0.1) is 0 Å². The van der Waals surface area contributed by atoms with Crippen molar-refractivity contribution in [1.29, 1.82) is 0 Å². The quantitative estimate of drug-likeness (QED) is 0.174. The van der Waals surface area contributed by atoms with Crippen molar-refractivity contribution in [2.24, 2.45) is 0 Å². The van der Waals surface area contributed by atoms with Crippen LogP contribution in [0.25, 0.3) is 133 Å². The molecule has 13 rings (SSSR count). The van der Waals surface area contributed by atoms with Crippen LogP contribution in [0.4, 0.5) is 0 Å². The average molecular weight is 792 g/mol. The molecule has 0 bridgehead atoms. The molecule has 288 valence electrons. The Morgan fingerprint density at radius 3 is 1.56 bits per heavy atom. The van der Waals surface area contributed by atoms with Crippen molar-refractivity contribution in [3.63, 3.8) is 0 Å². The molecule has 0 saturated heterocycles. The Kier molecular flexibility index (Phi) is 7.54. The van der Waals surface area contributed by atoms with Gasteiger partial charge in [0.1, 0.15) is 22.3 Å². The van der Waals surface area contributed by atoms with Gasteiger partial charge in [0.15, 0.2) is 17.5 Å². The van der Waals surface area contributed by atoms with Gasteiger partial charge in [0.2, 0.25) is 0 Å². The second-order valence-corrected chi connectivity index (χ2v) is 15.9. The molecule has 5 heteroatoms. The van der Waals surface area contributed by atoms with Crippen LogP contribution < -0.4 is 0 Å². The van der Waals surface area contributed by atoms with E-state index in [0.717, 1.165) is 98.8 Å². The first-order chi connectivity index (χ1) is 30.7. The van der Waals surface area contributed by atoms with Crippen molar-refractivity contribution in [3.8, 4) is 56.4 Å². The van der Waals surface area contributed by atoms with Crippen LogP contribution in [0.2, 0.25) is 0 Å². The van der Waals surface area contributed by atoms with Gasteiger partial charge in [-0.2, -0.15) is 0 Å². The highest BCUT2D eigenvalue weighted by molar-refractivity contribution is 6.17. The average Bonchev–Trinajstić information content (AvgIpc) is 3.91. The lowest BCUT2D eigenvalue weighted by Gasteiger charge is -2.14. The molecule has 0 aliphatic rings. The molecule has 0 radical (unpaired) electrons. The van der Waals surface area contributed by atoms with Crippen molar-refractivity contribution < 1.29 is 8.83 Å². The van der Waals surface area contributed by atoms with Crippen LogP contribution in [-0.2, 0) is 0 Å². The zero-order valence-corrected chi connectivity index (χ0v) is 33.2. The number of hydrogen-bond donors (Lipinski definition) is 0. The highest BCUT2D eigenvalue weighted by atomic mass is 16.3. The molecule has 0 saturated carbocycles. The highest BCUT2D eigenvalue weighted by Crippen LogP contribution is 2.43. The number of furan rings is 2. The first-order valence-corrected chi connectivity index (χ1v) is 20.8. The molecule has 13 aromatic rings. The van der Waals surface area contributed by atoms with Gasteiger partial charge >= 0.3 is 0 Å². The first-order valence-electron chi connectivity index (χ1n) is 20.8. The zero-order chi connectivity index (χ0) is 40.7. The summed E-state index contributed by atoms with van der Waals surface area (Å²) in [7, 11) is 0. The van der Waals surface area contributed by atoms with E-state index >= 15 is 0 Å². The summed E-state index contributed by atoms with van der Waals surface area (Å²) in [4.78, 5) is 15.6. The lowest BCUT2D eigenvalue weighted by Crippen LogP contribution is -2.01. The van der Waals surface area contributed by atoms with Crippen LogP contribution in [0.3, 0.4) is 0 Å². The monoisotopic (exact) mass is 791 g/mol. The number of aromatic nitrogens is 3. The van der Waals surface area contributed by atoms with Crippen molar-refractivity contribution >= 4 is 76.2 Å². The van der Waals surface area contributed by atoms with Crippen LogP contribution in [-0.4, -0.2) is 15.0 Å². The zero-order valence-electron chi connectivity index (χ0n) is 33.2. The topological polar surface area (TPSA) is 65.0 Å². The molecule has 0 atom stereocenters. The molecule has 0 amide bonds. The number of rotatable bonds is 5. The van der Waals surface area contributed by atoms with Gasteiger partial charge in [0.05, 0.1) is 0 Å². The van der Waals surface area contributed by atoms with Crippen molar-refractivity contribution in [1.82, 2.24) is 15.0 Å². The smallest absolute Gasteiger partial charge is 0.164 e. The summed E-state index contributed by atoms with van der Waals surface area (Å²) in [5.74, 6) is 1.77. The molecule has 10 aromatic carbocycles. The Hall–Kier alpha value is -8.41. The predicted molar refractivity (Wildman–Crippen MR) is 254 cm³/mol. The SMILES string of the molecule is c1ccc2cc(-c3ccc4oc5cccc(-c6ccc(-c7nc(-c8ccc9ccccc9c8)nc(-c8ccc9c(c8)oc8ccccc89)n7)c7ccccc67)c5c4c3)ccc2c1. The van der Waals surface area contributed by atoms with Crippen molar-refractivity contribution in [2.75, 3.05) is 0 Å². The summed E-state index contributed by atoms with van der Waals surface area (Å²) in [6.07, 6.45) is 0. The van der Waals surface area contributed by atoms with E-state index in [2.05, 4.69) is 176 Å². The lowest BCUT2D eigenvalue weighted by atomic mass is 9.91. The van der Waals surface area contributed by atoms with Crippen molar-refractivity contribution in [2.45, 2.75) is 0 Å². The van der Waals surface area contributed by atoms with Crippen LogP contribution in [0.5, 0.6) is 0 Å². The maximum Gasteiger partial charge on any atom is 0.164 e. The molecule has 5 nitrogen and oxygen atoms in total. The molecule has 0 aliphatic heterocycles. The summed E-state index contributed by atoms with van der Waals surface area (Å²) in [6.45, 7) is 0. The number of benzene rings is 10. The van der Waals surface area contributed by atoms with Crippen LogP contribution in [0.15, 0.2) is 209 Å². The Bertz CT molecular complexity index is 3950. The van der Waals surface area contributed by atoms with Gasteiger partial charge < -0.3 is 8.83 Å². The molecule has 3 heterocycles. The molecular formula is C57H33N3O2. The molecule has 0 spiro atoms. The summed E-state index contributed by atoms with van der Waals surface area (Å²) < 4.78 is 12.9. The minimum Gasteiger partial charge on any atom is -0.456 e. The second kappa shape index (κ2) is 13.6. The summed E-state index contributed by atoms with van der Waals surface area (Å²) in [6, 6.07) is 70.0. The van der Waals surface area contributed by atoms with E-state index in [1.54, 1.807) is 0 Å². The standard InChI is InChI=1S/C57H33N3O2/c1-3-12-36-30-38(22-20-34(36)10-1)39-25-29-51-49(32-39)54-47(17-9-19-52(54)61-51)44-27-28-48(43-15-6-5-14-42(43)44)57-59-55(40-23-21-35-11-2-4-13-37(35)31-40)58-56(60-57)41-24-26-46-45-16-7-8-18-50(45)62-53(46)33-41/h1-33H. The molecule has 62 heavy (non-hydrogen) atoms. The molecule has 0 fully saturated rings. The van der Waals surface area contributed by atoms with Gasteiger partial charge in [-0.25, -0.2) is 15.0 Å². The third-order valence-electron chi connectivity index (χ3n) is 12.3. The minimum absolute atomic E-state index is 0.575. The van der Waals surface area contributed by atoms with E-state index < -0.39 is 0 Å². The molecule has 0 aliphatic carbocycles. The maximum absolute atomic E-state index is 6.53. The fourth-order valence-corrected chi connectivity index (χ4v) is 9.28. The summed E-state index contributed by atoms with van der Waals surface area (Å²) in [5.41, 5.74) is 10.6. The Morgan fingerprint density at radius 1 is 0.258 bits per heavy atom. The van der Waals surface area contributed by atoms with Crippen molar-refractivity contribution in [3.05, 3.63) is 200 Å². The number of para-hydroxylation sites is 1. The van der Waals surface area contributed by atoms with E-state index in [1.165, 1.54) is 16.3 Å². The Balaban J connectivity index is 0.990. The Morgan fingerprint density at radius 2 is 0.774 bits per heavy atom. The lowest BCUT2D eigenvalue weighted by molar-refractivity contribution is 0.668. The van der Waals surface area contributed by atoms with E-state index in [1.807, 2.05) is 24.3 Å². The normalized spacial score (nSPS) is 11.9. The highest BCUT2D eigenvalue weighted by Gasteiger charge is 2.20. The second-order valence-electron chi connectivity index (χ2n) is 15.9. The molecule has 0 unspecified atom stereocenters. The molecule has 3 aromatic heterocycles. The third kappa shape index (κ3) is 5.52. The fourth-order valence-electron chi connectivity index (χ4n) is 9.28. The van der Waals surface area contributed by atoms with E-state index in [-0.39, 0.29) is 0 Å². The van der Waals surface area contributed by atoms with E-state index in [4.69, 9.17) is 23.8 Å². The molecular weight excluding hydrogens is 759 g/mol. The van der Waals surface area contributed by atoms with Crippen LogP contribution in [0, 0.1) is 0 Å². The maximum atomic E-state index is 6.53. The third-order valence-corrected chi connectivity index (χ3v) is 12.3. The number of nitrogens with zero attached hydrogens (tertiary/aromatic N) is 3. The van der Waals surface area contributed by atoms with Crippen LogP contribution in [0.1, 0.15) is 0 Å². The predicted octanol–water partition coefficient (Wildman–Crippen LogP) is 15.5. The van der Waals surface area contributed by atoms with E-state index in [9.17, 15) is 0 Å². The summed E-state index contributed by atoms with van der Waals surface area (Å²) >= 11 is 0. The van der Waals surface area contributed by atoms with Gasteiger partial charge in [0.25, 0.3) is 0 Å². The minimum atomic E-state index is 0.575. The van der Waals surface area contributed by atoms with Crippen LogP contribution >= 0.6 is 0 Å². The largest absolute Gasteiger partial charge is 0.456 e. The molecule has 0 N–H and O–H groups in total. The van der Waals surface area contributed by atoms with Gasteiger partial charge in [0, 0.05) is 38.2 Å². The van der Waals surface area contributed by atoms with Gasteiger partial charge in [-0.05, 0) is 109 Å². The first kappa shape index (κ1) is 34.5. The number of fused-ring (bicyclic) bond motifs is 9. The summed E-state index contributed by atoms with van der Waals surface area (Å²) in [5, 5.41) is 11.2. The number of hydrogen-bond acceptors (Lipinski definition) is 5. The Labute approximate surface area is 355 Å². The van der Waals surface area contributed by atoms with Gasteiger partial charge in [-0.3, -0.25) is 0 Å². The fraction of sp³-hybridized carbons (Fsp3) is 0.